The zero-order valence-corrected chi connectivity index (χ0v) is 13.1. The minimum Gasteiger partial charge on any atom is -0.497 e. The fourth-order valence-electron chi connectivity index (χ4n) is 2.39. The Labute approximate surface area is 130 Å². The highest BCUT2D eigenvalue weighted by Crippen LogP contribution is 2.29. The van der Waals surface area contributed by atoms with E-state index in [1.54, 1.807) is 14.2 Å². The molecule has 0 amide bonds. The Hall–Kier alpha value is -1.71. The van der Waals surface area contributed by atoms with Crippen LogP contribution < -0.4 is 15.2 Å². The van der Waals surface area contributed by atoms with Crippen molar-refractivity contribution in [3.63, 3.8) is 0 Å². The standard InChI is InChI=1S/C17H20ClNO2/c1-20-16-6-3-12(4-7-16)14(11-19)9-13-10-15(18)5-8-17(13)21-2/h3-8,10,14H,9,11,19H2,1-2H3. The number of halogens is 1. The first-order valence-electron chi connectivity index (χ1n) is 6.84. The molecule has 0 bridgehead atoms. The minimum absolute atomic E-state index is 0.211. The summed E-state index contributed by atoms with van der Waals surface area (Å²) >= 11 is 6.08. The van der Waals surface area contributed by atoms with E-state index >= 15 is 0 Å². The molecule has 4 heteroatoms. The molecule has 0 saturated heterocycles. The molecule has 21 heavy (non-hydrogen) atoms. The first kappa shape index (κ1) is 15.7. The molecule has 0 spiro atoms. The van der Waals surface area contributed by atoms with Crippen LogP contribution in [0.25, 0.3) is 0 Å². The number of rotatable bonds is 6. The van der Waals surface area contributed by atoms with Gasteiger partial charge in [-0.1, -0.05) is 23.7 Å². The molecule has 1 atom stereocenters. The van der Waals surface area contributed by atoms with E-state index in [1.807, 2.05) is 42.5 Å². The smallest absolute Gasteiger partial charge is 0.122 e. The molecule has 2 rings (SSSR count). The maximum absolute atomic E-state index is 6.08. The molecule has 0 heterocycles. The Bertz CT molecular complexity index is 584. The second-order valence-electron chi connectivity index (χ2n) is 4.87. The summed E-state index contributed by atoms with van der Waals surface area (Å²) in [6.45, 7) is 0.558. The van der Waals surface area contributed by atoms with Crippen LogP contribution >= 0.6 is 11.6 Å². The van der Waals surface area contributed by atoms with Gasteiger partial charge in [0, 0.05) is 10.9 Å². The van der Waals surface area contributed by atoms with E-state index in [4.69, 9.17) is 26.8 Å². The van der Waals surface area contributed by atoms with Crippen LogP contribution in [0.2, 0.25) is 5.02 Å². The van der Waals surface area contributed by atoms with Crippen LogP contribution in [-0.2, 0) is 6.42 Å². The van der Waals surface area contributed by atoms with Crippen LogP contribution in [0, 0.1) is 0 Å². The summed E-state index contributed by atoms with van der Waals surface area (Å²) in [6.07, 6.45) is 0.784. The number of hydrogen-bond acceptors (Lipinski definition) is 3. The predicted molar refractivity (Wildman–Crippen MR) is 86.5 cm³/mol. The third-order valence-corrected chi connectivity index (χ3v) is 3.82. The molecular formula is C17H20ClNO2. The Morgan fingerprint density at radius 1 is 1.05 bits per heavy atom. The second kappa shape index (κ2) is 7.34. The second-order valence-corrected chi connectivity index (χ2v) is 5.30. The average molecular weight is 306 g/mol. The molecule has 0 aromatic heterocycles. The SMILES string of the molecule is COc1ccc(C(CN)Cc2cc(Cl)ccc2OC)cc1. The molecule has 1 unspecified atom stereocenters. The van der Waals surface area contributed by atoms with Crippen molar-refractivity contribution in [3.05, 3.63) is 58.6 Å². The molecule has 0 fully saturated rings. The first-order valence-corrected chi connectivity index (χ1v) is 7.22. The molecule has 0 radical (unpaired) electrons. The number of hydrogen-bond donors (Lipinski definition) is 1. The van der Waals surface area contributed by atoms with Gasteiger partial charge in [0.25, 0.3) is 0 Å². The molecule has 0 aliphatic heterocycles. The van der Waals surface area contributed by atoms with Gasteiger partial charge in [-0.25, -0.2) is 0 Å². The van der Waals surface area contributed by atoms with Crippen LogP contribution in [0.15, 0.2) is 42.5 Å². The lowest BCUT2D eigenvalue weighted by Crippen LogP contribution is -2.15. The van der Waals surface area contributed by atoms with Gasteiger partial charge >= 0.3 is 0 Å². The van der Waals surface area contributed by atoms with E-state index in [1.165, 1.54) is 5.56 Å². The van der Waals surface area contributed by atoms with Crippen molar-refractivity contribution in [1.29, 1.82) is 0 Å². The van der Waals surface area contributed by atoms with E-state index in [2.05, 4.69) is 0 Å². The van der Waals surface area contributed by atoms with Gasteiger partial charge in [-0.05, 0) is 54.4 Å². The largest absolute Gasteiger partial charge is 0.497 e. The Balaban J connectivity index is 2.23. The van der Waals surface area contributed by atoms with Crippen molar-refractivity contribution < 1.29 is 9.47 Å². The summed E-state index contributed by atoms with van der Waals surface area (Å²) in [5, 5.41) is 0.705. The average Bonchev–Trinajstić information content (AvgIpc) is 2.53. The zero-order chi connectivity index (χ0) is 15.2. The van der Waals surface area contributed by atoms with Crippen molar-refractivity contribution in [3.8, 4) is 11.5 Å². The van der Waals surface area contributed by atoms with Gasteiger partial charge in [0.2, 0.25) is 0 Å². The summed E-state index contributed by atoms with van der Waals surface area (Å²) in [5.41, 5.74) is 8.19. The molecule has 112 valence electrons. The van der Waals surface area contributed by atoms with Crippen LogP contribution in [0.3, 0.4) is 0 Å². The van der Waals surface area contributed by atoms with Crippen LogP contribution in [-0.4, -0.2) is 20.8 Å². The Kier molecular flexibility index (Phi) is 5.48. The molecular weight excluding hydrogens is 286 g/mol. The summed E-state index contributed by atoms with van der Waals surface area (Å²) < 4.78 is 10.6. The number of benzene rings is 2. The summed E-state index contributed by atoms with van der Waals surface area (Å²) in [7, 11) is 3.32. The fraction of sp³-hybridized carbons (Fsp3) is 0.294. The molecule has 2 N–H and O–H groups in total. The molecule has 0 aliphatic carbocycles. The normalized spacial score (nSPS) is 12.0. The lowest BCUT2D eigenvalue weighted by molar-refractivity contribution is 0.408. The summed E-state index contributed by atoms with van der Waals surface area (Å²) in [6, 6.07) is 13.7. The molecule has 0 aliphatic rings. The van der Waals surface area contributed by atoms with Crippen LogP contribution in [0.1, 0.15) is 17.0 Å². The fourth-order valence-corrected chi connectivity index (χ4v) is 2.58. The number of methoxy groups -OCH3 is 2. The monoisotopic (exact) mass is 305 g/mol. The van der Waals surface area contributed by atoms with Crippen molar-refractivity contribution in [1.82, 2.24) is 0 Å². The van der Waals surface area contributed by atoms with E-state index in [0.717, 1.165) is 23.5 Å². The van der Waals surface area contributed by atoms with Gasteiger partial charge in [-0.2, -0.15) is 0 Å². The highest BCUT2D eigenvalue weighted by Gasteiger charge is 2.14. The lowest BCUT2D eigenvalue weighted by atomic mass is 9.91. The van der Waals surface area contributed by atoms with Gasteiger partial charge < -0.3 is 15.2 Å². The number of ether oxygens (including phenoxy) is 2. The maximum Gasteiger partial charge on any atom is 0.122 e. The third kappa shape index (κ3) is 3.90. The van der Waals surface area contributed by atoms with Crippen molar-refractivity contribution >= 4 is 11.6 Å². The summed E-state index contributed by atoms with van der Waals surface area (Å²) in [4.78, 5) is 0. The topological polar surface area (TPSA) is 44.5 Å². The predicted octanol–water partition coefficient (Wildman–Crippen LogP) is 3.64. The van der Waals surface area contributed by atoms with Crippen molar-refractivity contribution in [2.75, 3.05) is 20.8 Å². The maximum atomic E-state index is 6.08. The molecule has 3 nitrogen and oxygen atoms in total. The van der Waals surface area contributed by atoms with Crippen LogP contribution in [0.4, 0.5) is 0 Å². The highest BCUT2D eigenvalue weighted by atomic mass is 35.5. The minimum atomic E-state index is 0.211. The van der Waals surface area contributed by atoms with Crippen LogP contribution in [0.5, 0.6) is 11.5 Å². The molecule has 2 aromatic rings. The molecule has 2 aromatic carbocycles. The van der Waals surface area contributed by atoms with Gasteiger partial charge in [-0.3, -0.25) is 0 Å². The van der Waals surface area contributed by atoms with E-state index in [0.29, 0.717) is 11.6 Å². The van der Waals surface area contributed by atoms with Crippen molar-refractivity contribution in [2.45, 2.75) is 12.3 Å². The van der Waals surface area contributed by atoms with Gasteiger partial charge in [-0.15, -0.1) is 0 Å². The Morgan fingerprint density at radius 3 is 2.33 bits per heavy atom. The van der Waals surface area contributed by atoms with E-state index in [9.17, 15) is 0 Å². The van der Waals surface area contributed by atoms with E-state index < -0.39 is 0 Å². The third-order valence-electron chi connectivity index (χ3n) is 3.58. The van der Waals surface area contributed by atoms with Gasteiger partial charge in [0.15, 0.2) is 0 Å². The quantitative estimate of drug-likeness (QED) is 0.886. The summed E-state index contributed by atoms with van der Waals surface area (Å²) in [5.74, 6) is 1.89. The first-order chi connectivity index (χ1) is 10.2. The zero-order valence-electron chi connectivity index (χ0n) is 12.3. The van der Waals surface area contributed by atoms with E-state index in [-0.39, 0.29) is 5.92 Å². The highest BCUT2D eigenvalue weighted by molar-refractivity contribution is 6.30. The van der Waals surface area contributed by atoms with Gasteiger partial charge in [0.05, 0.1) is 14.2 Å². The number of nitrogens with two attached hydrogens (primary N) is 1. The lowest BCUT2D eigenvalue weighted by Gasteiger charge is -2.18. The molecule has 0 saturated carbocycles. The van der Waals surface area contributed by atoms with Gasteiger partial charge in [0.1, 0.15) is 11.5 Å². The van der Waals surface area contributed by atoms with Crippen molar-refractivity contribution in [2.24, 2.45) is 5.73 Å². The Morgan fingerprint density at radius 2 is 1.76 bits per heavy atom.